The van der Waals surface area contributed by atoms with Gasteiger partial charge >= 0.3 is 5.97 Å². The van der Waals surface area contributed by atoms with Crippen molar-refractivity contribution in [2.24, 2.45) is 0 Å². The molecule has 0 bridgehead atoms. The van der Waals surface area contributed by atoms with E-state index in [0.29, 0.717) is 30.8 Å². The molecule has 0 unspecified atom stereocenters. The van der Waals surface area contributed by atoms with Gasteiger partial charge in [0.1, 0.15) is 23.9 Å². The zero-order valence-corrected chi connectivity index (χ0v) is 17.4. The predicted octanol–water partition coefficient (Wildman–Crippen LogP) is 5.49. The smallest absolute Gasteiger partial charge is 0.305 e. The molecule has 0 amide bonds. The van der Waals surface area contributed by atoms with Crippen molar-refractivity contribution >= 4 is 5.97 Å². The Labute approximate surface area is 176 Å². The van der Waals surface area contributed by atoms with Gasteiger partial charge in [-0.2, -0.15) is 0 Å². The van der Waals surface area contributed by atoms with Crippen LogP contribution in [0.5, 0.6) is 11.5 Å². The highest BCUT2D eigenvalue weighted by Gasteiger charge is 2.10. The summed E-state index contributed by atoms with van der Waals surface area (Å²) in [6.07, 6.45) is 0.936. The number of hydrogen-bond acceptors (Lipinski definition) is 4. The van der Waals surface area contributed by atoms with Crippen LogP contribution in [0.3, 0.4) is 0 Å². The minimum absolute atomic E-state index is 0.232. The fourth-order valence-electron chi connectivity index (χ4n) is 3.26. The maximum atomic E-state index is 14.3. The standard InChI is InChI=1S/C25H25FO4/c1-17-13-19(7-10-22(17)23-15-20(28-2)9-11-24(23)26)16-30-21-6-4-5-18(14-21)8-12-25(27)29-3/h4-7,9-11,13-15H,8,12,16H2,1-3H3. The average molecular weight is 408 g/mol. The minimum Gasteiger partial charge on any atom is -0.497 e. The Hall–Kier alpha value is -3.34. The summed E-state index contributed by atoms with van der Waals surface area (Å²) in [5.74, 6) is 0.833. The fourth-order valence-corrected chi connectivity index (χ4v) is 3.26. The molecule has 5 heteroatoms. The Morgan fingerprint density at radius 1 is 0.900 bits per heavy atom. The molecule has 0 aliphatic carbocycles. The highest BCUT2D eigenvalue weighted by molar-refractivity contribution is 5.70. The van der Waals surface area contributed by atoms with Gasteiger partial charge in [0.15, 0.2) is 0 Å². The summed E-state index contributed by atoms with van der Waals surface area (Å²) in [5, 5.41) is 0. The molecule has 156 valence electrons. The first kappa shape index (κ1) is 21.4. The molecule has 0 aliphatic heterocycles. The van der Waals surface area contributed by atoms with E-state index in [0.717, 1.165) is 28.0 Å². The number of esters is 1. The van der Waals surface area contributed by atoms with Crippen molar-refractivity contribution in [1.29, 1.82) is 0 Å². The molecule has 0 spiro atoms. The molecule has 30 heavy (non-hydrogen) atoms. The highest BCUT2D eigenvalue weighted by atomic mass is 19.1. The van der Waals surface area contributed by atoms with Crippen molar-refractivity contribution in [2.75, 3.05) is 14.2 Å². The molecule has 0 aliphatic rings. The van der Waals surface area contributed by atoms with E-state index in [1.165, 1.54) is 13.2 Å². The number of hydrogen-bond donors (Lipinski definition) is 0. The Morgan fingerprint density at radius 3 is 2.47 bits per heavy atom. The fraction of sp³-hybridized carbons (Fsp3) is 0.240. The van der Waals surface area contributed by atoms with Gasteiger partial charge in [-0.25, -0.2) is 4.39 Å². The van der Waals surface area contributed by atoms with Crippen molar-refractivity contribution in [3.05, 3.63) is 83.2 Å². The summed E-state index contributed by atoms with van der Waals surface area (Å²) < 4.78 is 30.1. The molecule has 0 aromatic heterocycles. The van der Waals surface area contributed by atoms with Gasteiger partial charge in [0.2, 0.25) is 0 Å². The third-order valence-corrected chi connectivity index (χ3v) is 4.90. The summed E-state index contributed by atoms with van der Waals surface area (Å²) >= 11 is 0. The van der Waals surface area contributed by atoms with E-state index in [4.69, 9.17) is 9.47 Å². The van der Waals surface area contributed by atoms with Gasteiger partial charge in [0, 0.05) is 12.0 Å². The number of methoxy groups -OCH3 is 2. The molecule has 0 saturated heterocycles. The monoisotopic (exact) mass is 408 g/mol. The van der Waals surface area contributed by atoms with E-state index in [9.17, 15) is 9.18 Å². The van der Waals surface area contributed by atoms with Crippen LogP contribution < -0.4 is 9.47 Å². The normalized spacial score (nSPS) is 10.5. The Kier molecular flexibility index (Phi) is 7.07. The van der Waals surface area contributed by atoms with Gasteiger partial charge in [0.05, 0.1) is 14.2 Å². The van der Waals surface area contributed by atoms with Crippen LogP contribution in [0.2, 0.25) is 0 Å². The van der Waals surface area contributed by atoms with Gasteiger partial charge in [-0.3, -0.25) is 4.79 Å². The van der Waals surface area contributed by atoms with Crippen LogP contribution in [-0.2, 0) is 22.6 Å². The SMILES string of the molecule is COC(=O)CCc1cccc(OCc2ccc(-c3cc(OC)ccc3F)c(C)c2)c1. The van der Waals surface area contributed by atoms with Crippen LogP contribution in [0, 0.1) is 12.7 Å². The number of carbonyl (C=O) groups excluding carboxylic acids is 1. The number of ether oxygens (including phenoxy) is 3. The molecule has 3 aromatic carbocycles. The maximum absolute atomic E-state index is 14.3. The molecule has 0 saturated carbocycles. The Balaban J connectivity index is 1.69. The zero-order chi connectivity index (χ0) is 21.5. The van der Waals surface area contributed by atoms with E-state index in [-0.39, 0.29) is 11.8 Å². The van der Waals surface area contributed by atoms with Gasteiger partial charge < -0.3 is 14.2 Å². The predicted molar refractivity (Wildman–Crippen MR) is 114 cm³/mol. The van der Waals surface area contributed by atoms with Gasteiger partial charge in [-0.15, -0.1) is 0 Å². The molecular weight excluding hydrogens is 383 g/mol. The lowest BCUT2D eigenvalue weighted by Gasteiger charge is -2.12. The second-order valence-electron chi connectivity index (χ2n) is 7.01. The molecule has 3 rings (SSSR count). The Morgan fingerprint density at radius 2 is 1.73 bits per heavy atom. The van der Waals surface area contributed by atoms with Gasteiger partial charge in [-0.1, -0.05) is 30.3 Å². The van der Waals surface area contributed by atoms with Crippen LogP contribution in [0.1, 0.15) is 23.1 Å². The van der Waals surface area contributed by atoms with E-state index in [1.54, 1.807) is 19.2 Å². The van der Waals surface area contributed by atoms with E-state index < -0.39 is 0 Å². The molecule has 4 nitrogen and oxygen atoms in total. The molecule has 0 radical (unpaired) electrons. The maximum Gasteiger partial charge on any atom is 0.305 e. The Bertz CT molecular complexity index is 1030. The van der Waals surface area contributed by atoms with Crippen molar-refractivity contribution in [3.63, 3.8) is 0 Å². The first-order valence-electron chi connectivity index (χ1n) is 9.72. The molecular formula is C25H25FO4. The summed E-state index contributed by atoms with van der Waals surface area (Å²) in [6, 6.07) is 18.2. The summed E-state index contributed by atoms with van der Waals surface area (Å²) in [7, 11) is 2.95. The topological polar surface area (TPSA) is 44.8 Å². The van der Waals surface area contributed by atoms with Crippen LogP contribution >= 0.6 is 0 Å². The lowest BCUT2D eigenvalue weighted by molar-refractivity contribution is -0.140. The lowest BCUT2D eigenvalue weighted by Crippen LogP contribution is -2.02. The quantitative estimate of drug-likeness (QED) is 0.462. The van der Waals surface area contributed by atoms with Crippen LogP contribution in [0.4, 0.5) is 4.39 Å². The summed E-state index contributed by atoms with van der Waals surface area (Å²) in [6.45, 7) is 2.34. The largest absolute Gasteiger partial charge is 0.497 e. The third-order valence-electron chi connectivity index (χ3n) is 4.90. The first-order chi connectivity index (χ1) is 14.5. The first-order valence-corrected chi connectivity index (χ1v) is 9.72. The van der Waals surface area contributed by atoms with Crippen LogP contribution in [-0.4, -0.2) is 20.2 Å². The molecule has 0 atom stereocenters. The number of carbonyl (C=O) groups is 1. The minimum atomic E-state index is -0.285. The lowest BCUT2D eigenvalue weighted by atomic mass is 9.98. The van der Waals surface area contributed by atoms with Gasteiger partial charge in [0.25, 0.3) is 0 Å². The second kappa shape index (κ2) is 9.92. The van der Waals surface area contributed by atoms with Crippen molar-refractivity contribution in [3.8, 4) is 22.6 Å². The van der Waals surface area contributed by atoms with Crippen molar-refractivity contribution in [1.82, 2.24) is 0 Å². The van der Waals surface area contributed by atoms with Crippen LogP contribution in [0.25, 0.3) is 11.1 Å². The molecule has 0 heterocycles. The average Bonchev–Trinajstić information content (AvgIpc) is 2.77. The van der Waals surface area contributed by atoms with Crippen molar-refractivity contribution in [2.45, 2.75) is 26.4 Å². The molecule has 0 fully saturated rings. The number of halogens is 1. The summed E-state index contributed by atoms with van der Waals surface area (Å²) in [4.78, 5) is 11.3. The van der Waals surface area contributed by atoms with Gasteiger partial charge in [-0.05, 0) is 65.9 Å². The molecule has 3 aromatic rings. The van der Waals surface area contributed by atoms with E-state index >= 15 is 0 Å². The number of benzene rings is 3. The highest BCUT2D eigenvalue weighted by Crippen LogP contribution is 2.30. The van der Waals surface area contributed by atoms with Crippen LogP contribution in [0.15, 0.2) is 60.7 Å². The zero-order valence-electron chi connectivity index (χ0n) is 17.4. The van der Waals surface area contributed by atoms with E-state index in [2.05, 4.69) is 4.74 Å². The molecule has 0 N–H and O–H groups in total. The second-order valence-corrected chi connectivity index (χ2v) is 7.01. The summed E-state index contributed by atoms with van der Waals surface area (Å²) in [5.41, 5.74) is 4.28. The third kappa shape index (κ3) is 5.38. The number of rotatable bonds is 8. The number of aryl methyl sites for hydroxylation is 2. The van der Waals surface area contributed by atoms with E-state index in [1.807, 2.05) is 49.4 Å². The van der Waals surface area contributed by atoms with Crippen molar-refractivity contribution < 1.29 is 23.4 Å².